The van der Waals surface area contributed by atoms with Gasteiger partial charge in [-0.3, -0.25) is 0 Å². The van der Waals surface area contributed by atoms with Crippen molar-refractivity contribution in [3.05, 3.63) is 0 Å². The van der Waals surface area contributed by atoms with E-state index in [1.165, 1.54) is 37.2 Å². The maximum absolute atomic E-state index is 5.61. The van der Waals surface area contributed by atoms with Crippen molar-refractivity contribution in [1.29, 1.82) is 0 Å². The summed E-state index contributed by atoms with van der Waals surface area (Å²) >= 11 is 9.87. The number of halogens is 1. The Balaban J connectivity index is 1.96. The van der Waals surface area contributed by atoms with Gasteiger partial charge in [-0.1, -0.05) is 6.42 Å². The molecule has 0 aromatic carbocycles. The van der Waals surface area contributed by atoms with Crippen molar-refractivity contribution in [3.63, 3.8) is 0 Å². The summed E-state index contributed by atoms with van der Waals surface area (Å²) < 4.78 is 0.881. The average Bonchev–Trinajstić information content (AvgIpc) is 2.07. The van der Waals surface area contributed by atoms with Crippen LogP contribution in [0.25, 0.3) is 0 Å². The molecule has 0 amide bonds. The first-order valence-electron chi connectivity index (χ1n) is 4.22. The molecule has 0 saturated carbocycles. The molecule has 3 heteroatoms. The summed E-state index contributed by atoms with van der Waals surface area (Å²) in [4.78, 5) is 0. The fourth-order valence-electron chi connectivity index (χ4n) is 1.11. The van der Waals surface area contributed by atoms with E-state index < -0.39 is 0 Å². The Bertz CT molecular complexity index is 92.1. The average molecular weight is 211 g/mol. The summed E-state index contributed by atoms with van der Waals surface area (Å²) in [7, 11) is 0. The van der Waals surface area contributed by atoms with E-state index >= 15 is 0 Å². The fraction of sp³-hybridized carbons (Fsp3) is 1.00. The lowest BCUT2D eigenvalue weighted by Crippen LogP contribution is -2.06. The molecule has 0 radical (unpaired) electrons. The van der Waals surface area contributed by atoms with Crippen LogP contribution in [-0.4, -0.2) is 22.0 Å². The first-order chi connectivity index (χ1) is 5.43. The monoisotopic (exact) mass is 210 g/mol. The van der Waals surface area contributed by atoms with Crippen LogP contribution in [0.4, 0.5) is 0 Å². The van der Waals surface area contributed by atoms with Gasteiger partial charge in [0, 0.05) is 5.88 Å². The van der Waals surface area contributed by atoms with Gasteiger partial charge in [0.1, 0.15) is 0 Å². The normalized spacial score (nSPS) is 20.5. The highest BCUT2D eigenvalue weighted by atomic mass is 35.5. The van der Waals surface area contributed by atoms with E-state index in [0.29, 0.717) is 0 Å². The van der Waals surface area contributed by atoms with Gasteiger partial charge in [0.15, 0.2) is 0 Å². The Hall–Kier alpha value is 0.990. The summed E-state index contributed by atoms with van der Waals surface area (Å²) in [5.74, 6) is 3.58. The fourth-order valence-corrected chi connectivity index (χ4v) is 4.26. The largest absolute Gasteiger partial charge is 0.148 e. The van der Waals surface area contributed by atoms with Crippen LogP contribution >= 0.6 is 35.1 Å². The summed E-state index contributed by atoms with van der Waals surface area (Å²) in [5, 5.41) is 0. The van der Waals surface area contributed by atoms with E-state index in [4.69, 9.17) is 11.6 Å². The molecule has 1 saturated heterocycles. The second-order valence-electron chi connectivity index (χ2n) is 2.71. The number of thioether (sulfide) groups is 2. The van der Waals surface area contributed by atoms with Gasteiger partial charge < -0.3 is 0 Å². The van der Waals surface area contributed by atoms with Gasteiger partial charge in [0.05, 0.1) is 4.58 Å². The molecule has 11 heavy (non-hydrogen) atoms. The van der Waals surface area contributed by atoms with Crippen LogP contribution in [0.15, 0.2) is 0 Å². The van der Waals surface area contributed by atoms with Gasteiger partial charge in [0.25, 0.3) is 0 Å². The molecular weight excluding hydrogens is 196 g/mol. The lowest BCUT2D eigenvalue weighted by molar-refractivity contribution is 0.764. The molecule has 1 fully saturated rings. The zero-order valence-electron chi connectivity index (χ0n) is 6.72. The predicted molar refractivity (Wildman–Crippen MR) is 57.9 cm³/mol. The van der Waals surface area contributed by atoms with Crippen LogP contribution in [0, 0.1) is 0 Å². The second-order valence-corrected chi connectivity index (χ2v) is 6.01. The molecule has 0 N–H and O–H groups in total. The third-order valence-electron chi connectivity index (χ3n) is 1.72. The first-order valence-corrected chi connectivity index (χ1v) is 6.86. The Morgan fingerprint density at radius 3 is 2.55 bits per heavy atom. The molecule has 0 atom stereocenters. The van der Waals surface area contributed by atoms with Crippen LogP contribution < -0.4 is 0 Å². The molecule has 66 valence electrons. The van der Waals surface area contributed by atoms with Crippen molar-refractivity contribution in [2.24, 2.45) is 0 Å². The third kappa shape index (κ3) is 4.54. The Morgan fingerprint density at radius 2 is 1.91 bits per heavy atom. The molecule has 0 unspecified atom stereocenters. The highest BCUT2D eigenvalue weighted by molar-refractivity contribution is 8.17. The van der Waals surface area contributed by atoms with Gasteiger partial charge in [0.2, 0.25) is 0 Å². The molecule has 0 aliphatic carbocycles. The smallest absolute Gasteiger partial charge is 0.0502 e. The van der Waals surface area contributed by atoms with Crippen LogP contribution in [0.1, 0.15) is 25.7 Å². The van der Waals surface area contributed by atoms with Crippen LogP contribution in [0.2, 0.25) is 0 Å². The van der Waals surface area contributed by atoms with Crippen LogP contribution in [0.3, 0.4) is 0 Å². The van der Waals surface area contributed by atoms with E-state index in [0.717, 1.165) is 10.5 Å². The van der Waals surface area contributed by atoms with Crippen molar-refractivity contribution in [3.8, 4) is 0 Å². The Labute approximate surface area is 82.8 Å². The van der Waals surface area contributed by atoms with Gasteiger partial charge in [-0.2, -0.15) is 0 Å². The quantitative estimate of drug-likeness (QED) is 0.514. The van der Waals surface area contributed by atoms with Crippen molar-refractivity contribution in [2.75, 3.05) is 17.4 Å². The molecular formula is C8H15ClS2. The summed E-state index contributed by atoms with van der Waals surface area (Å²) in [6, 6.07) is 0. The minimum atomic E-state index is 0.835. The highest BCUT2D eigenvalue weighted by Crippen LogP contribution is 2.33. The second kappa shape index (κ2) is 6.50. The summed E-state index contributed by atoms with van der Waals surface area (Å²) in [5.41, 5.74) is 0. The van der Waals surface area contributed by atoms with E-state index in [-0.39, 0.29) is 0 Å². The molecule has 0 nitrogen and oxygen atoms in total. The lowest BCUT2D eigenvalue weighted by atomic mass is 10.3. The molecule has 1 aliphatic heterocycles. The van der Waals surface area contributed by atoms with E-state index in [9.17, 15) is 0 Å². The van der Waals surface area contributed by atoms with E-state index in [1.54, 1.807) is 0 Å². The van der Waals surface area contributed by atoms with Crippen molar-refractivity contribution in [2.45, 2.75) is 30.3 Å². The predicted octanol–water partition coefficient (Wildman–Crippen LogP) is 3.59. The van der Waals surface area contributed by atoms with Gasteiger partial charge >= 0.3 is 0 Å². The molecule has 0 bridgehead atoms. The van der Waals surface area contributed by atoms with Gasteiger partial charge in [-0.05, 0) is 30.8 Å². The molecule has 0 aromatic heterocycles. The third-order valence-corrected chi connectivity index (χ3v) is 5.07. The number of rotatable bonds is 4. The molecule has 1 aliphatic rings. The first kappa shape index (κ1) is 10.1. The molecule has 1 rings (SSSR count). The minimum absolute atomic E-state index is 0.835. The van der Waals surface area contributed by atoms with Crippen LogP contribution in [-0.2, 0) is 0 Å². The zero-order valence-corrected chi connectivity index (χ0v) is 9.11. The van der Waals surface area contributed by atoms with E-state index in [2.05, 4.69) is 23.5 Å². The minimum Gasteiger partial charge on any atom is -0.148 e. The topological polar surface area (TPSA) is 0 Å². The van der Waals surface area contributed by atoms with Crippen molar-refractivity contribution in [1.82, 2.24) is 0 Å². The standard InChI is InChI=1S/C8H15ClS2/c9-5-2-1-4-8-10-6-3-7-11-8/h8H,1-7H2. The van der Waals surface area contributed by atoms with E-state index in [1.807, 2.05) is 0 Å². The number of alkyl halides is 1. The number of unbranched alkanes of at least 4 members (excludes halogenated alkanes) is 1. The van der Waals surface area contributed by atoms with Gasteiger partial charge in [-0.15, -0.1) is 35.1 Å². The maximum atomic E-state index is 5.61. The molecule has 0 spiro atoms. The summed E-state index contributed by atoms with van der Waals surface area (Å²) in [6.07, 6.45) is 5.27. The van der Waals surface area contributed by atoms with Crippen molar-refractivity contribution >= 4 is 35.1 Å². The summed E-state index contributed by atoms with van der Waals surface area (Å²) in [6.45, 7) is 0. The number of hydrogen-bond acceptors (Lipinski definition) is 2. The Kier molecular flexibility index (Phi) is 5.95. The molecule has 0 aromatic rings. The highest BCUT2D eigenvalue weighted by Gasteiger charge is 2.12. The number of hydrogen-bond donors (Lipinski definition) is 0. The van der Waals surface area contributed by atoms with Gasteiger partial charge in [-0.25, -0.2) is 0 Å². The zero-order chi connectivity index (χ0) is 7.94. The Morgan fingerprint density at radius 1 is 1.18 bits per heavy atom. The SMILES string of the molecule is ClCCCCC1SCCCS1. The maximum Gasteiger partial charge on any atom is 0.0502 e. The van der Waals surface area contributed by atoms with Crippen molar-refractivity contribution < 1.29 is 0 Å². The molecule has 1 heterocycles. The van der Waals surface area contributed by atoms with Crippen LogP contribution in [0.5, 0.6) is 0 Å². The lowest BCUT2D eigenvalue weighted by Gasteiger charge is -2.20.